The Kier molecular flexibility index (Phi) is 7.06. The molecule has 0 radical (unpaired) electrons. The molecule has 0 spiro atoms. The maximum Gasteiger partial charge on any atom is 0.330 e. The van der Waals surface area contributed by atoms with Crippen LogP contribution < -0.4 is 0 Å². The molecule has 0 saturated heterocycles. The van der Waals surface area contributed by atoms with E-state index in [0.29, 0.717) is 19.3 Å². The Balaban J connectivity index is 3.44. The van der Waals surface area contributed by atoms with Gasteiger partial charge in [0.25, 0.3) is 0 Å². The normalized spacial score (nSPS) is 14.5. The summed E-state index contributed by atoms with van der Waals surface area (Å²) in [5, 5.41) is 18.5. The fourth-order valence-electron chi connectivity index (χ4n) is 0.989. The average molecular weight is 202 g/mol. The molecule has 0 aromatic carbocycles. The molecule has 0 aromatic rings. The lowest BCUT2D eigenvalue weighted by molar-refractivity contribution is -0.138. The predicted octanol–water partition coefficient (Wildman–Crippen LogP) is 0.628. The fourth-order valence-corrected chi connectivity index (χ4v) is 0.989. The van der Waals surface area contributed by atoms with Gasteiger partial charge in [0.1, 0.15) is 0 Å². The number of esters is 1. The molecule has 0 rings (SSSR count). The lowest BCUT2D eigenvalue weighted by Gasteiger charge is -2.15. The smallest absolute Gasteiger partial charge is 0.330 e. The molecular weight excluding hydrogens is 184 g/mol. The zero-order chi connectivity index (χ0) is 11.0. The summed E-state index contributed by atoms with van der Waals surface area (Å²) in [5.41, 5.74) is 0. The summed E-state index contributed by atoms with van der Waals surface area (Å²) in [7, 11) is 0. The molecular formula is C10H18O4. The first-order valence-electron chi connectivity index (χ1n) is 4.77. The highest BCUT2D eigenvalue weighted by Crippen LogP contribution is 2.05. The molecule has 14 heavy (non-hydrogen) atoms. The van der Waals surface area contributed by atoms with Crippen LogP contribution in [0, 0.1) is 0 Å². The standard InChI is InChI=1S/C10H18O4/c1-3-8(11)9(12)6-5-7-14-10(13)4-2/h4,8-9,11-12H,2-3,5-7H2,1H3. The Bertz CT molecular complexity index is 179. The van der Waals surface area contributed by atoms with E-state index in [1.54, 1.807) is 6.92 Å². The number of carbonyl (C=O) groups is 1. The summed E-state index contributed by atoms with van der Waals surface area (Å²) in [5.74, 6) is -0.462. The van der Waals surface area contributed by atoms with E-state index in [0.717, 1.165) is 6.08 Å². The summed E-state index contributed by atoms with van der Waals surface area (Å²) in [4.78, 5) is 10.6. The van der Waals surface area contributed by atoms with Crippen molar-refractivity contribution in [1.82, 2.24) is 0 Å². The Morgan fingerprint density at radius 1 is 1.50 bits per heavy atom. The third kappa shape index (κ3) is 5.72. The van der Waals surface area contributed by atoms with Crippen molar-refractivity contribution < 1.29 is 19.7 Å². The Morgan fingerprint density at radius 2 is 2.14 bits per heavy atom. The molecule has 0 bridgehead atoms. The lowest BCUT2D eigenvalue weighted by Crippen LogP contribution is -2.25. The van der Waals surface area contributed by atoms with Crippen LogP contribution in [0.5, 0.6) is 0 Å². The van der Waals surface area contributed by atoms with E-state index in [4.69, 9.17) is 4.74 Å². The number of hydrogen-bond donors (Lipinski definition) is 2. The second kappa shape index (κ2) is 7.53. The summed E-state index contributed by atoms with van der Waals surface area (Å²) in [6.45, 7) is 5.30. The molecule has 0 amide bonds. The van der Waals surface area contributed by atoms with E-state index in [9.17, 15) is 15.0 Å². The highest BCUT2D eigenvalue weighted by molar-refractivity contribution is 5.81. The van der Waals surface area contributed by atoms with Crippen molar-refractivity contribution in [2.75, 3.05) is 6.61 Å². The number of aliphatic hydroxyl groups is 2. The van der Waals surface area contributed by atoms with Gasteiger partial charge in [0.2, 0.25) is 0 Å². The minimum atomic E-state index is -0.734. The maximum absolute atomic E-state index is 10.6. The molecule has 0 saturated carbocycles. The molecule has 4 heteroatoms. The molecule has 0 aromatic heterocycles. The second-order valence-corrected chi connectivity index (χ2v) is 3.06. The van der Waals surface area contributed by atoms with Crippen molar-refractivity contribution in [1.29, 1.82) is 0 Å². The minimum absolute atomic E-state index is 0.248. The van der Waals surface area contributed by atoms with Crippen molar-refractivity contribution in [3.8, 4) is 0 Å². The van der Waals surface area contributed by atoms with Crippen molar-refractivity contribution >= 4 is 5.97 Å². The summed E-state index contributed by atoms with van der Waals surface area (Å²) in [6.07, 6.45) is 1.16. The quantitative estimate of drug-likeness (QED) is 0.361. The zero-order valence-corrected chi connectivity index (χ0v) is 8.48. The SMILES string of the molecule is C=CC(=O)OCCCC(O)C(O)CC. The maximum atomic E-state index is 10.6. The molecule has 0 fully saturated rings. The Morgan fingerprint density at radius 3 is 2.64 bits per heavy atom. The van der Waals surface area contributed by atoms with Crippen LogP contribution in [-0.2, 0) is 9.53 Å². The summed E-state index contributed by atoms with van der Waals surface area (Å²) in [6, 6.07) is 0. The van der Waals surface area contributed by atoms with Gasteiger partial charge in [-0.1, -0.05) is 13.5 Å². The van der Waals surface area contributed by atoms with E-state index in [-0.39, 0.29) is 6.61 Å². The minimum Gasteiger partial charge on any atom is -0.463 e. The second-order valence-electron chi connectivity index (χ2n) is 3.06. The Hall–Kier alpha value is -0.870. The van der Waals surface area contributed by atoms with Gasteiger partial charge in [0.15, 0.2) is 0 Å². The van der Waals surface area contributed by atoms with Crippen LogP contribution in [-0.4, -0.2) is 35.0 Å². The fraction of sp³-hybridized carbons (Fsp3) is 0.700. The van der Waals surface area contributed by atoms with Crippen LogP contribution in [0.1, 0.15) is 26.2 Å². The number of rotatable bonds is 7. The average Bonchev–Trinajstić information content (AvgIpc) is 2.22. The highest BCUT2D eigenvalue weighted by Gasteiger charge is 2.13. The van der Waals surface area contributed by atoms with Crippen LogP contribution in [0.4, 0.5) is 0 Å². The van der Waals surface area contributed by atoms with Crippen molar-refractivity contribution in [3.05, 3.63) is 12.7 Å². The topological polar surface area (TPSA) is 66.8 Å². The van der Waals surface area contributed by atoms with Gasteiger partial charge in [-0.05, 0) is 19.3 Å². The first-order chi connectivity index (χ1) is 6.61. The van der Waals surface area contributed by atoms with E-state index >= 15 is 0 Å². The summed E-state index contributed by atoms with van der Waals surface area (Å²) >= 11 is 0. The monoisotopic (exact) mass is 202 g/mol. The largest absolute Gasteiger partial charge is 0.463 e. The molecule has 0 aliphatic carbocycles. The van der Waals surface area contributed by atoms with Gasteiger partial charge in [-0.25, -0.2) is 4.79 Å². The van der Waals surface area contributed by atoms with Crippen LogP contribution in [0.15, 0.2) is 12.7 Å². The van der Waals surface area contributed by atoms with E-state index in [1.165, 1.54) is 0 Å². The lowest BCUT2D eigenvalue weighted by atomic mass is 10.1. The molecule has 82 valence electrons. The third-order valence-corrected chi connectivity index (χ3v) is 1.92. The number of carbonyl (C=O) groups excluding carboxylic acids is 1. The number of ether oxygens (including phenoxy) is 1. The van der Waals surface area contributed by atoms with Gasteiger partial charge in [-0.3, -0.25) is 0 Å². The van der Waals surface area contributed by atoms with Crippen LogP contribution in [0.3, 0.4) is 0 Å². The molecule has 2 atom stereocenters. The molecule has 0 aliphatic rings. The first kappa shape index (κ1) is 13.1. The molecule has 0 heterocycles. The van der Waals surface area contributed by atoms with Gasteiger partial charge in [0.05, 0.1) is 18.8 Å². The van der Waals surface area contributed by atoms with Gasteiger partial charge >= 0.3 is 5.97 Å². The van der Waals surface area contributed by atoms with Crippen LogP contribution >= 0.6 is 0 Å². The van der Waals surface area contributed by atoms with Gasteiger partial charge in [-0.15, -0.1) is 0 Å². The van der Waals surface area contributed by atoms with Gasteiger partial charge < -0.3 is 14.9 Å². The zero-order valence-electron chi connectivity index (χ0n) is 8.48. The van der Waals surface area contributed by atoms with E-state index in [2.05, 4.69) is 6.58 Å². The first-order valence-corrected chi connectivity index (χ1v) is 4.77. The van der Waals surface area contributed by atoms with Gasteiger partial charge in [0, 0.05) is 6.08 Å². The molecule has 2 unspecified atom stereocenters. The number of hydrogen-bond acceptors (Lipinski definition) is 4. The van der Waals surface area contributed by atoms with Crippen molar-refractivity contribution in [2.24, 2.45) is 0 Å². The highest BCUT2D eigenvalue weighted by atomic mass is 16.5. The van der Waals surface area contributed by atoms with Crippen molar-refractivity contribution in [2.45, 2.75) is 38.4 Å². The van der Waals surface area contributed by atoms with Crippen LogP contribution in [0.2, 0.25) is 0 Å². The van der Waals surface area contributed by atoms with Gasteiger partial charge in [-0.2, -0.15) is 0 Å². The van der Waals surface area contributed by atoms with E-state index < -0.39 is 18.2 Å². The molecule has 4 nitrogen and oxygen atoms in total. The summed E-state index contributed by atoms with van der Waals surface area (Å²) < 4.78 is 4.71. The Labute approximate surface area is 84.2 Å². The third-order valence-electron chi connectivity index (χ3n) is 1.92. The van der Waals surface area contributed by atoms with Crippen LogP contribution in [0.25, 0.3) is 0 Å². The number of aliphatic hydroxyl groups excluding tert-OH is 2. The van der Waals surface area contributed by atoms with E-state index in [1.807, 2.05) is 0 Å². The molecule has 2 N–H and O–H groups in total. The van der Waals surface area contributed by atoms with Crippen molar-refractivity contribution in [3.63, 3.8) is 0 Å². The predicted molar refractivity (Wildman–Crippen MR) is 52.7 cm³/mol. The molecule has 0 aliphatic heterocycles.